The van der Waals surface area contributed by atoms with Gasteiger partial charge in [-0.05, 0) is 37.1 Å². The first kappa shape index (κ1) is 23.0. The van der Waals surface area contributed by atoms with Crippen LogP contribution in [0.25, 0.3) is 0 Å². The van der Waals surface area contributed by atoms with E-state index >= 15 is 0 Å². The summed E-state index contributed by atoms with van der Waals surface area (Å²) in [7, 11) is 0. The van der Waals surface area contributed by atoms with Gasteiger partial charge in [-0.3, -0.25) is 4.79 Å². The number of benzene rings is 2. The summed E-state index contributed by atoms with van der Waals surface area (Å²) in [6.07, 6.45) is -0.687. The molecule has 3 unspecified atom stereocenters. The smallest absolute Gasteiger partial charge is 0.224 e. The summed E-state index contributed by atoms with van der Waals surface area (Å²) in [6.45, 7) is 5.84. The normalized spacial score (nSPS) is 14.0. The number of carbonyl (C=O) groups excluding carboxylic acids is 1. The predicted molar refractivity (Wildman–Crippen MR) is 110 cm³/mol. The molecule has 27 heavy (non-hydrogen) atoms. The Morgan fingerprint density at radius 2 is 1.63 bits per heavy atom. The van der Waals surface area contributed by atoms with Crippen LogP contribution in [0.5, 0.6) is 5.75 Å². The summed E-state index contributed by atoms with van der Waals surface area (Å²) < 4.78 is 5.58. The van der Waals surface area contributed by atoms with Crippen LogP contribution in [0.15, 0.2) is 54.6 Å². The van der Waals surface area contributed by atoms with Crippen molar-refractivity contribution in [2.45, 2.75) is 39.0 Å². The lowest BCUT2D eigenvalue weighted by Crippen LogP contribution is -2.37. The van der Waals surface area contributed by atoms with Gasteiger partial charge in [0.15, 0.2) is 0 Å². The highest BCUT2D eigenvalue weighted by Crippen LogP contribution is 2.21. The molecule has 0 radical (unpaired) electrons. The van der Waals surface area contributed by atoms with Crippen LogP contribution in [0.1, 0.15) is 44.0 Å². The Hall–Kier alpha value is -2.08. The number of halogens is 1. The average Bonchev–Trinajstić information content (AvgIpc) is 2.65. The first-order valence-corrected chi connectivity index (χ1v) is 8.91. The van der Waals surface area contributed by atoms with Gasteiger partial charge in [0.05, 0.1) is 18.1 Å². The van der Waals surface area contributed by atoms with Crippen molar-refractivity contribution in [1.29, 1.82) is 0 Å². The summed E-state index contributed by atoms with van der Waals surface area (Å²) in [5.41, 5.74) is 7.81. The van der Waals surface area contributed by atoms with Crippen LogP contribution >= 0.6 is 12.4 Å². The van der Waals surface area contributed by atoms with Gasteiger partial charge in [-0.25, -0.2) is 0 Å². The van der Waals surface area contributed by atoms with Crippen molar-refractivity contribution in [3.8, 4) is 5.75 Å². The summed E-state index contributed by atoms with van der Waals surface area (Å²) in [5.74, 6) is 0.175. The number of nitrogens with one attached hydrogen (secondary N) is 1. The molecule has 2 rings (SSSR count). The topological polar surface area (TPSA) is 84.6 Å². The van der Waals surface area contributed by atoms with E-state index in [2.05, 4.69) is 5.32 Å². The van der Waals surface area contributed by atoms with E-state index in [1.807, 2.05) is 56.3 Å². The van der Waals surface area contributed by atoms with Crippen LogP contribution < -0.4 is 15.8 Å². The maximum absolute atomic E-state index is 12.3. The van der Waals surface area contributed by atoms with Crippen molar-refractivity contribution in [2.24, 2.45) is 11.7 Å². The molecule has 5 nitrogen and oxygen atoms in total. The first-order chi connectivity index (χ1) is 12.4. The van der Waals surface area contributed by atoms with Crippen molar-refractivity contribution in [3.63, 3.8) is 0 Å². The lowest BCUT2D eigenvalue weighted by atomic mass is 9.94. The Morgan fingerprint density at radius 3 is 2.19 bits per heavy atom. The maximum atomic E-state index is 12.3. The van der Waals surface area contributed by atoms with Crippen molar-refractivity contribution in [2.75, 3.05) is 6.54 Å². The number of rotatable bonds is 8. The Kier molecular flexibility index (Phi) is 9.29. The lowest BCUT2D eigenvalue weighted by molar-refractivity contribution is -0.125. The van der Waals surface area contributed by atoms with Crippen molar-refractivity contribution < 1.29 is 14.6 Å². The molecule has 6 heteroatoms. The molecule has 148 valence electrons. The highest BCUT2D eigenvalue weighted by Gasteiger charge is 2.22. The van der Waals surface area contributed by atoms with Crippen molar-refractivity contribution >= 4 is 18.3 Å². The van der Waals surface area contributed by atoms with Gasteiger partial charge in [0.1, 0.15) is 5.75 Å². The van der Waals surface area contributed by atoms with Gasteiger partial charge in [0, 0.05) is 12.6 Å². The van der Waals surface area contributed by atoms with Crippen LogP contribution in [-0.4, -0.2) is 23.7 Å². The molecule has 0 aliphatic rings. The molecular weight excluding hydrogens is 364 g/mol. The molecule has 0 bridgehead atoms. The number of nitrogens with two attached hydrogens (primary N) is 1. The van der Waals surface area contributed by atoms with Gasteiger partial charge >= 0.3 is 0 Å². The van der Waals surface area contributed by atoms with Crippen LogP contribution in [0.2, 0.25) is 0 Å². The third kappa shape index (κ3) is 6.86. The van der Waals surface area contributed by atoms with Gasteiger partial charge in [-0.2, -0.15) is 0 Å². The molecule has 0 aromatic heterocycles. The monoisotopic (exact) mass is 392 g/mol. The predicted octanol–water partition coefficient (Wildman–Crippen LogP) is 3.38. The zero-order valence-electron chi connectivity index (χ0n) is 16.0. The van der Waals surface area contributed by atoms with E-state index in [1.165, 1.54) is 0 Å². The lowest BCUT2D eigenvalue weighted by Gasteiger charge is -2.21. The van der Waals surface area contributed by atoms with E-state index in [1.54, 1.807) is 19.1 Å². The SMILES string of the molecule is CC(C)Oc1ccc(C(O)CNC(=O)C(C)C(N)c2ccccc2)cc1.Cl. The number of hydrogen-bond donors (Lipinski definition) is 3. The highest BCUT2D eigenvalue weighted by atomic mass is 35.5. The van der Waals surface area contributed by atoms with E-state index in [4.69, 9.17) is 10.5 Å². The minimum Gasteiger partial charge on any atom is -0.491 e. The Morgan fingerprint density at radius 1 is 1.04 bits per heavy atom. The zero-order chi connectivity index (χ0) is 19.1. The molecule has 0 spiro atoms. The second-order valence-corrected chi connectivity index (χ2v) is 6.72. The largest absolute Gasteiger partial charge is 0.491 e. The molecular formula is C21H29ClN2O3. The Labute approximate surface area is 167 Å². The molecule has 0 aliphatic carbocycles. The Bertz CT molecular complexity index is 692. The summed E-state index contributed by atoms with van der Waals surface area (Å²) >= 11 is 0. The number of ether oxygens (including phenoxy) is 1. The van der Waals surface area contributed by atoms with Crippen LogP contribution in [0.3, 0.4) is 0 Å². The quantitative estimate of drug-likeness (QED) is 0.643. The van der Waals surface area contributed by atoms with Crippen molar-refractivity contribution in [1.82, 2.24) is 5.32 Å². The standard InChI is InChI=1S/C21H28N2O3.ClH/c1-14(2)26-18-11-9-16(10-12-18)19(24)13-23-21(25)15(3)20(22)17-7-5-4-6-8-17;/h4-12,14-15,19-20,24H,13,22H2,1-3H3,(H,23,25);1H. The maximum Gasteiger partial charge on any atom is 0.224 e. The fourth-order valence-corrected chi connectivity index (χ4v) is 2.64. The fourth-order valence-electron chi connectivity index (χ4n) is 2.64. The third-order valence-electron chi connectivity index (χ3n) is 4.24. The second-order valence-electron chi connectivity index (χ2n) is 6.72. The third-order valence-corrected chi connectivity index (χ3v) is 4.24. The fraction of sp³-hybridized carbons (Fsp3) is 0.381. The number of aliphatic hydroxyl groups excluding tert-OH is 1. The van der Waals surface area contributed by atoms with E-state index < -0.39 is 12.0 Å². The molecule has 3 atom stereocenters. The van der Waals surface area contributed by atoms with Crippen LogP contribution in [0, 0.1) is 5.92 Å². The Balaban J connectivity index is 0.00000364. The van der Waals surface area contributed by atoms with Gasteiger partial charge < -0.3 is 20.9 Å². The molecule has 0 aliphatic heterocycles. The van der Waals surface area contributed by atoms with E-state index in [9.17, 15) is 9.90 Å². The number of amides is 1. The van der Waals surface area contributed by atoms with Gasteiger partial charge in [-0.1, -0.05) is 49.4 Å². The van der Waals surface area contributed by atoms with Gasteiger partial charge in [0.2, 0.25) is 5.91 Å². The van der Waals surface area contributed by atoms with Crippen molar-refractivity contribution in [3.05, 3.63) is 65.7 Å². The summed E-state index contributed by atoms with van der Waals surface area (Å²) in [4.78, 5) is 12.3. The van der Waals surface area contributed by atoms with E-state index in [0.29, 0.717) is 0 Å². The van der Waals surface area contributed by atoms with Gasteiger partial charge in [-0.15, -0.1) is 12.4 Å². The average molecular weight is 393 g/mol. The molecule has 0 heterocycles. The number of hydrogen-bond acceptors (Lipinski definition) is 4. The first-order valence-electron chi connectivity index (χ1n) is 8.91. The van der Waals surface area contributed by atoms with Crippen LogP contribution in [0.4, 0.5) is 0 Å². The minimum absolute atomic E-state index is 0. The zero-order valence-corrected chi connectivity index (χ0v) is 16.8. The molecule has 0 fully saturated rings. The minimum atomic E-state index is -0.785. The molecule has 0 saturated heterocycles. The molecule has 0 saturated carbocycles. The number of carbonyl (C=O) groups is 1. The van der Waals surface area contributed by atoms with E-state index in [-0.39, 0.29) is 37.0 Å². The summed E-state index contributed by atoms with van der Waals surface area (Å²) in [5, 5.41) is 13.1. The molecule has 2 aromatic carbocycles. The highest BCUT2D eigenvalue weighted by molar-refractivity contribution is 5.85. The molecule has 2 aromatic rings. The molecule has 1 amide bonds. The van der Waals surface area contributed by atoms with Crippen LogP contribution in [-0.2, 0) is 4.79 Å². The molecule has 4 N–H and O–H groups in total. The second kappa shape index (κ2) is 10.9. The van der Waals surface area contributed by atoms with Gasteiger partial charge in [0.25, 0.3) is 0 Å². The summed E-state index contributed by atoms with van der Waals surface area (Å²) in [6, 6.07) is 16.4. The number of aliphatic hydroxyl groups is 1. The van der Waals surface area contributed by atoms with E-state index in [0.717, 1.165) is 16.9 Å².